The normalized spacial score (nSPS) is 23.7. The summed E-state index contributed by atoms with van der Waals surface area (Å²) < 4.78 is 17.0. The van der Waals surface area contributed by atoms with E-state index in [1.807, 2.05) is 30.3 Å². The first kappa shape index (κ1) is 13.8. The maximum absolute atomic E-state index is 12.5. The maximum Gasteiger partial charge on any atom is 0.289 e. The van der Waals surface area contributed by atoms with Crippen LogP contribution < -0.4 is 0 Å². The number of fused-ring (bicyclic) bond motifs is 1. The maximum atomic E-state index is 12.5. The first-order valence-corrected chi connectivity index (χ1v) is 7.64. The van der Waals surface area contributed by atoms with Crippen LogP contribution in [0.5, 0.6) is 0 Å². The average Bonchev–Trinajstić information content (AvgIpc) is 2.96. The highest BCUT2D eigenvalue weighted by atomic mass is 16.5. The van der Waals surface area contributed by atoms with Gasteiger partial charge in [-0.25, -0.2) is 0 Å². The van der Waals surface area contributed by atoms with E-state index in [0.717, 1.165) is 23.8 Å². The topological polar surface area (TPSA) is 51.9 Å². The number of ether oxygens (including phenoxy) is 2. The van der Waals surface area contributed by atoms with Crippen LogP contribution in [0.15, 0.2) is 34.7 Å². The van der Waals surface area contributed by atoms with Crippen molar-refractivity contribution in [3.63, 3.8) is 0 Å². The monoisotopic (exact) mass is 301 g/mol. The Hall–Kier alpha value is -1.85. The summed E-state index contributed by atoms with van der Waals surface area (Å²) in [5.41, 5.74) is 0.523. The van der Waals surface area contributed by atoms with Crippen molar-refractivity contribution in [3.8, 4) is 0 Å². The number of hydrogen-bond acceptors (Lipinski definition) is 4. The Balaban J connectivity index is 1.47. The van der Waals surface area contributed by atoms with Crippen LogP contribution in [0.4, 0.5) is 0 Å². The molecule has 3 heterocycles. The van der Waals surface area contributed by atoms with Gasteiger partial charge in [-0.3, -0.25) is 4.79 Å². The molecule has 2 aliphatic rings. The molecule has 2 aliphatic heterocycles. The van der Waals surface area contributed by atoms with E-state index in [-0.39, 0.29) is 17.6 Å². The molecule has 2 fully saturated rings. The number of amides is 1. The van der Waals surface area contributed by atoms with Crippen molar-refractivity contribution < 1.29 is 18.7 Å². The van der Waals surface area contributed by atoms with Crippen molar-refractivity contribution in [1.29, 1.82) is 0 Å². The second-order valence-electron chi connectivity index (χ2n) is 6.19. The fourth-order valence-electron chi connectivity index (χ4n) is 3.44. The summed E-state index contributed by atoms with van der Waals surface area (Å²) in [5, 5.41) is 0.953. The smallest absolute Gasteiger partial charge is 0.289 e. The Bertz CT molecular complexity index is 669. The van der Waals surface area contributed by atoms with E-state index in [1.54, 1.807) is 12.0 Å². The van der Waals surface area contributed by atoms with Gasteiger partial charge in [0.25, 0.3) is 5.91 Å². The predicted molar refractivity (Wildman–Crippen MR) is 80.8 cm³/mol. The predicted octanol–water partition coefficient (Wildman–Crippen LogP) is 2.45. The summed E-state index contributed by atoms with van der Waals surface area (Å²) in [5.74, 6) is 0.333. The zero-order valence-electron chi connectivity index (χ0n) is 12.6. The summed E-state index contributed by atoms with van der Waals surface area (Å²) in [6.07, 6.45) is 2.01. The lowest BCUT2D eigenvalue weighted by molar-refractivity contribution is -0.182. The number of rotatable bonds is 2. The SMILES string of the molecule is CO[C@@H]1CCOC2(C1)CN(C(=O)c1cc3ccccc3o1)C2. The van der Waals surface area contributed by atoms with Crippen LogP contribution in [-0.4, -0.2) is 49.3 Å². The van der Waals surface area contributed by atoms with Gasteiger partial charge in [0, 0.05) is 25.5 Å². The fraction of sp³-hybridized carbons (Fsp3) is 0.471. The van der Waals surface area contributed by atoms with E-state index in [1.165, 1.54) is 0 Å². The van der Waals surface area contributed by atoms with Crippen molar-refractivity contribution in [2.45, 2.75) is 24.5 Å². The third-order valence-corrected chi connectivity index (χ3v) is 4.66. The molecule has 5 nitrogen and oxygen atoms in total. The first-order valence-electron chi connectivity index (χ1n) is 7.64. The molecule has 0 saturated carbocycles. The van der Waals surface area contributed by atoms with Crippen molar-refractivity contribution in [3.05, 3.63) is 36.1 Å². The van der Waals surface area contributed by atoms with Crippen LogP contribution in [0.2, 0.25) is 0 Å². The zero-order valence-corrected chi connectivity index (χ0v) is 12.6. The van der Waals surface area contributed by atoms with E-state index < -0.39 is 0 Å². The number of para-hydroxylation sites is 1. The van der Waals surface area contributed by atoms with Crippen LogP contribution >= 0.6 is 0 Å². The molecule has 0 unspecified atom stereocenters. The van der Waals surface area contributed by atoms with Crippen LogP contribution in [-0.2, 0) is 9.47 Å². The van der Waals surface area contributed by atoms with E-state index >= 15 is 0 Å². The number of carbonyl (C=O) groups is 1. The van der Waals surface area contributed by atoms with E-state index in [4.69, 9.17) is 13.9 Å². The molecule has 116 valence electrons. The minimum atomic E-state index is -0.222. The van der Waals surface area contributed by atoms with E-state index in [2.05, 4.69) is 0 Å². The Morgan fingerprint density at radius 2 is 2.18 bits per heavy atom. The molecule has 2 aromatic rings. The summed E-state index contributed by atoms with van der Waals surface area (Å²) in [6, 6.07) is 9.46. The molecule has 5 heteroatoms. The number of likely N-dealkylation sites (tertiary alicyclic amines) is 1. The number of methoxy groups -OCH3 is 1. The van der Waals surface area contributed by atoms with Gasteiger partial charge in [0.1, 0.15) is 11.2 Å². The molecule has 1 atom stereocenters. The molecule has 1 spiro atoms. The van der Waals surface area contributed by atoms with Gasteiger partial charge >= 0.3 is 0 Å². The third kappa shape index (κ3) is 2.21. The second-order valence-corrected chi connectivity index (χ2v) is 6.19. The summed E-state index contributed by atoms with van der Waals surface area (Å²) >= 11 is 0. The minimum absolute atomic E-state index is 0.0648. The minimum Gasteiger partial charge on any atom is -0.451 e. The lowest BCUT2D eigenvalue weighted by atomic mass is 9.84. The number of hydrogen-bond donors (Lipinski definition) is 0. The van der Waals surface area contributed by atoms with Crippen molar-refractivity contribution in [2.24, 2.45) is 0 Å². The first-order chi connectivity index (χ1) is 10.7. The highest BCUT2D eigenvalue weighted by molar-refractivity contribution is 5.96. The van der Waals surface area contributed by atoms with Gasteiger partial charge in [-0.2, -0.15) is 0 Å². The van der Waals surface area contributed by atoms with Gasteiger partial charge in [0.2, 0.25) is 0 Å². The Kier molecular flexibility index (Phi) is 3.20. The fourth-order valence-corrected chi connectivity index (χ4v) is 3.44. The Morgan fingerprint density at radius 3 is 2.95 bits per heavy atom. The second kappa shape index (κ2) is 5.11. The molecule has 0 radical (unpaired) electrons. The molecule has 2 saturated heterocycles. The molecule has 0 aliphatic carbocycles. The van der Waals surface area contributed by atoms with Gasteiger partial charge in [-0.05, 0) is 18.6 Å². The Morgan fingerprint density at radius 1 is 1.36 bits per heavy atom. The standard InChI is InChI=1S/C17H19NO4/c1-20-13-6-7-21-17(9-13)10-18(11-17)16(19)15-8-12-4-2-3-5-14(12)22-15/h2-5,8,13H,6-7,9-11H2,1H3/t13-/m1/s1. The highest BCUT2D eigenvalue weighted by Gasteiger charge is 2.50. The van der Waals surface area contributed by atoms with Crippen molar-refractivity contribution in [1.82, 2.24) is 4.90 Å². The number of nitrogens with zero attached hydrogens (tertiary/aromatic N) is 1. The van der Waals surface area contributed by atoms with Crippen molar-refractivity contribution in [2.75, 3.05) is 26.8 Å². The van der Waals surface area contributed by atoms with Gasteiger partial charge in [-0.1, -0.05) is 18.2 Å². The largest absolute Gasteiger partial charge is 0.451 e. The number of furan rings is 1. The molecule has 1 aromatic carbocycles. The van der Waals surface area contributed by atoms with Gasteiger partial charge in [-0.15, -0.1) is 0 Å². The third-order valence-electron chi connectivity index (χ3n) is 4.66. The summed E-state index contributed by atoms with van der Waals surface area (Å²) in [4.78, 5) is 14.3. The molecule has 0 bridgehead atoms. The molecule has 22 heavy (non-hydrogen) atoms. The lowest BCUT2D eigenvalue weighted by Crippen LogP contribution is -2.67. The summed E-state index contributed by atoms with van der Waals surface area (Å²) in [7, 11) is 1.74. The molecular weight excluding hydrogens is 282 g/mol. The molecular formula is C17H19NO4. The number of carbonyl (C=O) groups excluding carboxylic acids is 1. The quantitative estimate of drug-likeness (QED) is 0.855. The summed E-state index contributed by atoms with van der Waals surface area (Å²) in [6.45, 7) is 1.93. The highest BCUT2D eigenvalue weighted by Crippen LogP contribution is 2.36. The van der Waals surface area contributed by atoms with Crippen LogP contribution in [0.3, 0.4) is 0 Å². The average molecular weight is 301 g/mol. The Labute approximate surface area is 128 Å². The lowest BCUT2D eigenvalue weighted by Gasteiger charge is -2.52. The molecule has 4 rings (SSSR count). The van der Waals surface area contributed by atoms with E-state index in [9.17, 15) is 4.79 Å². The molecule has 1 amide bonds. The van der Waals surface area contributed by atoms with Gasteiger partial charge in [0.05, 0.1) is 19.2 Å². The van der Waals surface area contributed by atoms with Crippen LogP contribution in [0, 0.1) is 0 Å². The molecule has 1 aromatic heterocycles. The van der Waals surface area contributed by atoms with Crippen LogP contribution in [0.25, 0.3) is 11.0 Å². The van der Waals surface area contributed by atoms with Crippen LogP contribution in [0.1, 0.15) is 23.4 Å². The van der Waals surface area contributed by atoms with E-state index in [0.29, 0.717) is 25.5 Å². The van der Waals surface area contributed by atoms with Gasteiger partial charge in [0.15, 0.2) is 5.76 Å². The molecule has 0 N–H and O–H groups in total. The zero-order chi connectivity index (χ0) is 15.2. The van der Waals surface area contributed by atoms with Gasteiger partial charge < -0.3 is 18.8 Å². The number of benzene rings is 1. The van der Waals surface area contributed by atoms with Crippen molar-refractivity contribution >= 4 is 16.9 Å².